The van der Waals surface area contributed by atoms with Gasteiger partial charge in [0, 0.05) is 12.6 Å². The van der Waals surface area contributed by atoms with Crippen molar-refractivity contribution in [2.75, 3.05) is 12.3 Å². The highest BCUT2D eigenvalue weighted by Crippen LogP contribution is 2.10. The van der Waals surface area contributed by atoms with Crippen LogP contribution in [0.1, 0.15) is 18.4 Å². The quantitative estimate of drug-likeness (QED) is 0.706. The van der Waals surface area contributed by atoms with Crippen LogP contribution in [0, 0.1) is 0 Å². The van der Waals surface area contributed by atoms with Crippen LogP contribution in [-0.4, -0.2) is 31.9 Å². The van der Waals surface area contributed by atoms with Gasteiger partial charge < -0.3 is 10.4 Å². The molecular formula is C12H18N2O3S. The molecule has 1 aromatic rings. The maximum atomic E-state index is 11.7. The number of hydrogen-bond acceptors (Lipinski definition) is 4. The lowest BCUT2D eigenvalue weighted by Crippen LogP contribution is -2.44. The summed E-state index contributed by atoms with van der Waals surface area (Å²) >= 11 is 0. The Morgan fingerprint density at radius 2 is 2.00 bits per heavy atom. The van der Waals surface area contributed by atoms with Crippen LogP contribution in [0.15, 0.2) is 24.3 Å². The second kappa shape index (κ2) is 5.69. The van der Waals surface area contributed by atoms with Gasteiger partial charge in [-0.05, 0) is 37.1 Å². The van der Waals surface area contributed by atoms with Crippen molar-refractivity contribution in [3.05, 3.63) is 29.8 Å². The lowest BCUT2D eigenvalue weighted by atomic mass is 10.1. The Kier molecular flexibility index (Phi) is 4.21. The molecular weight excluding hydrogens is 252 g/mol. The van der Waals surface area contributed by atoms with Crippen molar-refractivity contribution in [1.29, 1.82) is 0 Å². The van der Waals surface area contributed by atoms with Crippen molar-refractivity contribution < 1.29 is 13.5 Å². The molecule has 0 aromatic heterocycles. The van der Waals surface area contributed by atoms with Gasteiger partial charge in [-0.3, -0.25) is 0 Å². The number of sulfonamides is 1. The molecule has 18 heavy (non-hydrogen) atoms. The van der Waals surface area contributed by atoms with Crippen molar-refractivity contribution >= 4 is 10.0 Å². The smallest absolute Gasteiger partial charge is 0.211 e. The first-order chi connectivity index (χ1) is 8.55. The van der Waals surface area contributed by atoms with Crippen LogP contribution in [-0.2, 0) is 16.6 Å². The largest absolute Gasteiger partial charge is 0.508 e. The predicted molar refractivity (Wildman–Crippen MR) is 69.8 cm³/mol. The second-order valence-corrected chi connectivity index (χ2v) is 6.46. The Morgan fingerprint density at radius 3 is 2.56 bits per heavy atom. The minimum absolute atomic E-state index is 0.156. The number of phenolic OH excluding ortho intramolecular Hbond substituents is 1. The molecule has 1 fully saturated rings. The van der Waals surface area contributed by atoms with Crippen molar-refractivity contribution in [1.82, 2.24) is 10.0 Å². The van der Waals surface area contributed by atoms with E-state index in [2.05, 4.69) is 10.0 Å². The highest BCUT2D eigenvalue weighted by Gasteiger charge is 2.19. The lowest BCUT2D eigenvalue weighted by molar-refractivity contribution is 0.361. The third-order valence-corrected chi connectivity index (χ3v) is 4.45. The van der Waals surface area contributed by atoms with Crippen LogP contribution in [0.2, 0.25) is 0 Å². The maximum absolute atomic E-state index is 11.7. The van der Waals surface area contributed by atoms with Gasteiger partial charge in [0.25, 0.3) is 0 Å². The minimum atomic E-state index is -3.21. The summed E-state index contributed by atoms with van der Waals surface area (Å²) in [6.45, 7) is 1.26. The van der Waals surface area contributed by atoms with Gasteiger partial charge >= 0.3 is 0 Å². The zero-order valence-electron chi connectivity index (χ0n) is 10.1. The van der Waals surface area contributed by atoms with Gasteiger partial charge in [-0.15, -0.1) is 0 Å². The molecule has 0 radical (unpaired) electrons. The van der Waals surface area contributed by atoms with E-state index < -0.39 is 10.0 Å². The van der Waals surface area contributed by atoms with Gasteiger partial charge in [-0.2, -0.15) is 0 Å². The highest BCUT2D eigenvalue weighted by molar-refractivity contribution is 7.89. The SMILES string of the molecule is O=S(=O)(CCC1CCN1)NCc1ccc(O)cc1. The third-order valence-electron chi connectivity index (χ3n) is 3.09. The van der Waals surface area contributed by atoms with E-state index in [-0.39, 0.29) is 18.0 Å². The summed E-state index contributed by atoms with van der Waals surface area (Å²) in [6, 6.07) is 6.84. The Morgan fingerprint density at radius 1 is 1.33 bits per heavy atom. The second-order valence-electron chi connectivity index (χ2n) is 4.53. The Hall–Kier alpha value is -1.11. The molecule has 1 atom stereocenters. The molecule has 1 saturated heterocycles. The summed E-state index contributed by atoms with van der Waals surface area (Å²) < 4.78 is 26.0. The number of nitrogens with one attached hydrogen (secondary N) is 2. The standard InChI is InChI=1S/C12H18N2O3S/c15-12-3-1-10(2-4-12)9-14-18(16,17)8-6-11-5-7-13-11/h1-4,11,13-15H,5-9H2. The van der Waals surface area contributed by atoms with Crippen LogP contribution in [0.5, 0.6) is 5.75 Å². The molecule has 2 rings (SSSR count). The summed E-state index contributed by atoms with van der Waals surface area (Å²) in [5, 5.41) is 12.3. The van der Waals surface area contributed by atoms with Crippen LogP contribution >= 0.6 is 0 Å². The van der Waals surface area contributed by atoms with E-state index in [1.54, 1.807) is 24.3 Å². The van der Waals surface area contributed by atoms with E-state index in [0.29, 0.717) is 12.5 Å². The maximum Gasteiger partial charge on any atom is 0.211 e. The number of phenols is 1. The molecule has 1 aliphatic heterocycles. The Bertz CT molecular complexity index is 481. The Balaban J connectivity index is 1.78. The van der Waals surface area contributed by atoms with Gasteiger partial charge in [-0.1, -0.05) is 12.1 Å². The minimum Gasteiger partial charge on any atom is -0.508 e. The summed E-state index contributed by atoms with van der Waals surface area (Å²) in [7, 11) is -3.21. The topological polar surface area (TPSA) is 78.4 Å². The normalized spacial score (nSPS) is 19.4. The molecule has 1 unspecified atom stereocenters. The van der Waals surface area contributed by atoms with Gasteiger partial charge in [0.2, 0.25) is 10.0 Å². The fourth-order valence-corrected chi connectivity index (χ4v) is 2.90. The first-order valence-electron chi connectivity index (χ1n) is 6.04. The van der Waals surface area contributed by atoms with Crippen LogP contribution in [0.4, 0.5) is 0 Å². The van der Waals surface area contributed by atoms with E-state index >= 15 is 0 Å². The number of benzene rings is 1. The number of aromatic hydroxyl groups is 1. The van der Waals surface area contributed by atoms with Gasteiger partial charge in [0.1, 0.15) is 5.75 Å². The van der Waals surface area contributed by atoms with Crippen molar-refractivity contribution in [3.63, 3.8) is 0 Å². The summed E-state index contributed by atoms with van der Waals surface area (Å²) in [5.74, 6) is 0.334. The van der Waals surface area contributed by atoms with E-state index in [1.165, 1.54) is 0 Å². The van der Waals surface area contributed by atoms with E-state index in [4.69, 9.17) is 5.11 Å². The predicted octanol–water partition coefficient (Wildman–Crippen LogP) is 0.564. The monoisotopic (exact) mass is 270 g/mol. The van der Waals surface area contributed by atoms with E-state index in [0.717, 1.165) is 18.5 Å². The zero-order chi connectivity index (χ0) is 13.0. The molecule has 0 bridgehead atoms. The molecule has 0 amide bonds. The van der Waals surface area contributed by atoms with Crippen LogP contribution in [0.25, 0.3) is 0 Å². The lowest BCUT2D eigenvalue weighted by Gasteiger charge is -2.27. The average Bonchev–Trinajstić information content (AvgIpc) is 2.26. The molecule has 0 saturated carbocycles. The van der Waals surface area contributed by atoms with E-state index in [9.17, 15) is 8.42 Å². The summed E-state index contributed by atoms with van der Waals surface area (Å²) in [5.41, 5.74) is 0.832. The molecule has 1 heterocycles. The fourth-order valence-electron chi connectivity index (χ4n) is 1.77. The van der Waals surface area contributed by atoms with Crippen molar-refractivity contribution in [2.24, 2.45) is 0 Å². The molecule has 1 aromatic carbocycles. The molecule has 0 spiro atoms. The zero-order valence-corrected chi connectivity index (χ0v) is 10.9. The highest BCUT2D eigenvalue weighted by atomic mass is 32.2. The average molecular weight is 270 g/mol. The first kappa shape index (κ1) is 13.3. The van der Waals surface area contributed by atoms with Gasteiger partial charge in [0.15, 0.2) is 0 Å². The summed E-state index contributed by atoms with van der Waals surface area (Å²) in [4.78, 5) is 0. The van der Waals surface area contributed by atoms with Crippen molar-refractivity contribution in [3.8, 4) is 5.75 Å². The van der Waals surface area contributed by atoms with E-state index in [1.807, 2.05) is 0 Å². The molecule has 100 valence electrons. The van der Waals surface area contributed by atoms with Crippen molar-refractivity contribution in [2.45, 2.75) is 25.4 Å². The van der Waals surface area contributed by atoms with Gasteiger partial charge in [0.05, 0.1) is 5.75 Å². The molecule has 5 nitrogen and oxygen atoms in total. The van der Waals surface area contributed by atoms with Crippen LogP contribution in [0.3, 0.4) is 0 Å². The molecule has 6 heteroatoms. The van der Waals surface area contributed by atoms with Crippen LogP contribution < -0.4 is 10.0 Å². The first-order valence-corrected chi connectivity index (χ1v) is 7.69. The summed E-state index contributed by atoms with van der Waals surface area (Å²) in [6.07, 6.45) is 1.72. The van der Waals surface area contributed by atoms with Gasteiger partial charge in [-0.25, -0.2) is 13.1 Å². The number of hydrogen-bond donors (Lipinski definition) is 3. The number of rotatable bonds is 6. The molecule has 1 aliphatic rings. The third kappa shape index (κ3) is 3.97. The molecule has 3 N–H and O–H groups in total. The molecule has 0 aliphatic carbocycles. The fraction of sp³-hybridized carbons (Fsp3) is 0.500. The Labute approximate surface area is 107 Å².